The molecule has 0 bridgehead atoms. The molecule has 0 fully saturated rings. The second kappa shape index (κ2) is 8.60. The van der Waals surface area contributed by atoms with Gasteiger partial charge in [0.25, 0.3) is 5.91 Å². The largest absolute Gasteiger partial charge is 0.493 e. The summed E-state index contributed by atoms with van der Waals surface area (Å²) in [6.45, 7) is 0.276. The van der Waals surface area contributed by atoms with E-state index in [-0.39, 0.29) is 18.3 Å². The van der Waals surface area contributed by atoms with Crippen molar-refractivity contribution < 1.29 is 28.2 Å². The number of nitrogens with one attached hydrogen (secondary N) is 1. The Hall–Kier alpha value is -3.29. The Morgan fingerprint density at radius 1 is 1.14 bits per heavy atom. The summed E-state index contributed by atoms with van der Waals surface area (Å²) in [4.78, 5) is 17.7. The summed E-state index contributed by atoms with van der Waals surface area (Å²) in [5.41, 5.74) is 2.10. The quantitative estimate of drug-likeness (QED) is 0.789. The summed E-state index contributed by atoms with van der Waals surface area (Å²) in [6, 6.07) is 9.43. The third-order valence-corrected chi connectivity index (χ3v) is 4.34. The van der Waals surface area contributed by atoms with Gasteiger partial charge >= 0.3 is 0 Å². The maximum atomic E-state index is 12.9. The fraction of sp³-hybridized carbons (Fsp3) is 0.300. The van der Waals surface area contributed by atoms with Crippen molar-refractivity contribution >= 4 is 11.6 Å². The molecule has 0 aromatic heterocycles. The minimum atomic E-state index is -0.741. The average molecular weight is 388 g/mol. The van der Waals surface area contributed by atoms with E-state index in [1.54, 1.807) is 24.3 Å². The van der Waals surface area contributed by atoms with Crippen molar-refractivity contribution in [1.29, 1.82) is 0 Å². The van der Waals surface area contributed by atoms with Crippen LogP contribution in [-0.4, -0.2) is 39.1 Å². The van der Waals surface area contributed by atoms with E-state index in [0.717, 1.165) is 5.56 Å². The summed E-state index contributed by atoms with van der Waals surface area (Å²) in [5.74, 6) is 0.836. The number of carbonyl (C=O) groups is 1. The first-order valence-electron chi connectivity index (χ1n) is 8.61. The molecule has 0 saturated heterocycles. The first-order valence-corrected chi connectivity index (χ1v) is 8.61. The van der Waals surface area contributed by atoms with E-state index in [2.05, 4.69) is 10.5 Å². The Morgan fingerprint density at radius 3 is 2.36 bits per heavy atom. The lowest BCUT2D eigenvalue weighted by Crippen LogP contribution is -2.34. The number of ether oxygens (including phenoxy) is 3. The molecule has 0 aliphatic carbocycles. The van der Waals surface area contributed by atoms with Gasteiger partial charge in [-0.1, -0.05) is 17.3 Å². The van der Waals surface area contributed by atoms with Crippen molar-refractivity contribution in [3.05, 3.63) is 53.3 Å². The Morgan fingerprint density at radius 2 is 1.79 bits per heavy atom. The molecule has 1 heterocycles. The van der Waals surface area contributed by atoms with Gasteiger partial charge in [-0.15, -0.1) is 0 Å². The highest BCUT2D eigenvalue weighted by Crippen LogP contribution is 2.39. The van der Waals surface area contributed by atoms with Crippen molar-refractivity contribution in [1.82, 2.24) is 5.32 Å². The van der Waals surface area contributed by atoms with Crippen LogP contribution in [0, 0.1) is 5.82 Å². The molecule has 7 nitrogen and oxygen atoms in total. The third kappa shape index (κ3) is 4.16. The highest BCUT2D eigenvalue weighted by atomic mass is 19.1. The molecule has 1 N–H and O–H groups in total. The van der Waals surface area contributed by atoms with E-state index < -0.39 is 6.10 Å². The molecule has 1 amide bonds. The van der Waals surface area contributed by atoms with Crippen LogP contribution in [-0.2, 0) is 16.2 Å². The highest BCUT2D eigenvalue weighted by Gasteiger charge is 2.30. The van der Waals surface area contributed by atoms with Crippen LogP contribution in [0.5, 0.6) is 17.2 Å². The number of oxime groups is 1. The fourth-order valence-corrected chi connectivity index (χ4v) is 2.84. The van der Waals surface area contributed by atoms with Gasteiger partial charge in [-0.05, 0) is 29.8 Å². The van der Waals surface area contributed by atoms with E-state index >= 15 is 0 Å². The fourth-order valence-electron chi connectivity index (χ4n) is 2.84. The second-order valence-electron chi connectivity index (χ2n) is 6.09. The average Bonchev–Trinajstić information content (AvgIpc) is 3.22. The van der Waals surface area contributed by atoms with E-state index in [4.69, 9.17) is 19.0 Å². The maximum absolute atomic E-state index is 12.9. The van der Waals surface area contributed by atoms with E-state index in [1.807, 2.05) is 0 Å². The summed E-state index contributed by atoms with van der Waals surface area (Å²) >= 11 is 0. The molecular formula is C20H21FN2O5. The molecular weight excluding hydrogens is 367 g/mol. The number of hydrogen-bond donors (Lipinski definition) is 1. The van der Waals surface area contributed by atoms with Crippen LogP contribution >= 0.6 is 0 Å². The van der Waals surface area contributed by atoms with Crippen molar-refractivity contribution in [2.75, 3.05) is 21.3 Å². The zero-order valence-electron chi connectivity index (χ0n) is 15.8. The molecule has 0 spiro atoms. The predicted molar refractivity (Wildman–Crippen MR) is 100 cm³/mol. The SMILES string of the molecule is COc1cc(C2=NO[C@H](C(=O)NCc3ccc(F)cc3)C2)cc(OC)c1OC. The monoisotopic (exact) mass is 388 g/mol. The molecule has 148 valence electrons. The summed E-state index contributed by atoms with van der Waals surface area (Å²) in [6.07, 6.45) is -0.442. The van der Waals surface area contributed by atoms with Crippen molar-refractivity contribution in [2.24, 2.45) is 5.16 Å². The maximum Gasteiger partial charge on any atom is 0.264 e. The Balaban J connectivity index is 1.65. The number of carbonyl (C=O) groups excluding carboxylic acids is 1. The first-order chi connectivity index (χ1) is 13.5. The number of hydrogen-bond acceptors (Lipinski definition) is 6. The smallest absolute Gasteiger partial charge is 0.264 e. The molecule has 2 aromatic carbocycles. The van der Waals surface area contributed by atoms with E-state index in [9.17, 15) is 9.18 Å². The molecule has 0 saturated carbocycles. The van der Waals surface area contributed by atoms with Gasteiger partial charge in [-0.25, -0.2) is 4.39 Å². The Labute approximate surface area is 162 Å². The number of halogens is 1. The van der Waals surface area contributed by atoms with Gasteiger partial charge < -0.3 is 24.4 Å². The van der Waals surface area contributed by atoms with Gasteiger partial charge in [-0.3, -0.25) is 4.79 Å². The molecule has 2 aromatic rings. The van der Waals surface area contributed by atoms with E-state index in [0.29, 0.717) is 34.9 Å². The zero-order valence-corrected chi connectivity index (χ0v) is 15.8. The first kappa shape index (κ1) is 19.5. The number of benzene rings is 2. The molecule has 3 rings (SSSR count). The number of nitrogens with zero attached hydrogens (tertiary/aromatic N) is 1. The summed E-state index contributed by atoms with van der Waals surface area (Å²) in [5, 5.41) is 6.80. The van der Waals surface area contributed by atoms with Crippen molar-refractivity contribution in [3.8, 4) is 17.2 Å². The highest BCUT2D eigenvalue weighted by molar-refractivity contribution is 6.04. The van der Waals surface area contributed by atoms with Crippen LogP contribution in [0.1, 0.15) is 17.5 Å². The second-order valence-corrected chi connectivity index (χ2v) is 6.09. The molecule has 1 aliphatic heterocycles. The number of amides is 1. The molecule has 28 heavy (non-hydrogen) atoms. The summed E-state index contributed by atoms with van der Waals surface area (Å²) in [7, 11) is 4.58. The lowest BCUT2D eigenvalue weighted by molar-refractivity contribution is -0.131. The van der Waals surface area contributed by atoms with Crippen LogP contribution in [0.4, 0.5) is 4.39 Å². The zero-order chi connectivity index (χ0) is 20.1. The Bertz CT molecular complexity index is 858. The number of rotatable bonds is 7. The van der Waals surface area contributed by atoms with Gasteiger partial charge in [-0.2, -0.15) is 0 Å². The van der Waals surface area contributed by atoms with Crippen LogP contribution in [0.25, 0.3) is 0 Å². The standard InChI is InChI=1S/C20H21FN2O5/c1-25-16-8-13(9-17(26-2)19(16)27-3)15-10-18(28-23-15)20(24)22-11-12-4-6-14(21)7-5-12/h4-9,18H,10-11H2,1-3H3,(H,22,24)/t18-/m0/s1. The topological polar surface area (TPSA) is 78.4 Å². The molecule has 0 radical (unpaired) electrons. The minimum absolute atomic E-state index is 0.276. The van der Waals surface area contributed by atoms with Crippen molar-refractivity contribution in [2.45, 2.75) is 19.1 Å². The van der Waals surface area contributed by atoms with Crippen LogP contribution in [0.15, 0.2) is 41.6 Å². The normalized spacial score (nSPS) is 15.4. The van der Waals surface area contributed by atoms with Gasteiger partial charge in [0, 0.05) is 18.5 Å². The predicted octanol–water partition coefficient (Wildman–Crippen LogP) is 2.66. The van der Waals surface area contributed by atoms with Gasteiger partial charge in [0.2, 0.25) is 11.9 Å². The van der Waals surface area contributed by atoms with Gasteiger partial charge in [0.05, 0.1) is 27.0 Å². The Kier molecular flexibility index (Phi) is 5.98. The van der Waals surface area contributed by atoms with Gasteiger partial charge in [0.1, 0.15) is 5.82 Å². The van der Waals surface area contributed by atoms with Gasteiger partial charge in [0.15, 0.2) is 11.5 Å². The molecule has 8 heteroatoms. The van der Waals surface area contributed by atoms with Crippen LogP contribution in [0.2, 0.25) is 0 Å². The van der Waals surface area contributed by atoms with Crippen LogP contribution < -0.4 is 19.5 Å². The lowest BCUT2D eigenvalue weighted by atomic mass is 10.0. The molecule has 1 aliphatic rings. The third-order valence-electron chi connectivity index (χ3n) is 4.34. The molecule has 0 unspecified atom stereocenters. The minimum Gasteiger partial charge on any atom is -0.493 e. The lowest BCUT2D eigenvalue weighted by Gasteiger charge is -2.14. The number of methoxy groups -OCH3 is 3. The summed E-state index contributed by atoms with van der Waals surface area (Å²) < 4.78 is 28.9. The van der Waals surface area contributed by atoms with E-state index in [1.165, 1.54) is 33.5 Å². The van der Waals surface area contributed by atoms with Crippen LogP contribution in [0.3, 0.4) is 0 Å². The molecule has 1 atom stereocenters. The van der Waals surface area contributed by atoms with Crippen molar-refractivity contribution in [3.63, 3.8) is 0 Å².